The third-order valence-corrected chi connectivity index (χ3v) is 4.08. The summed E-state index contributed by atoms with van der Waals surface area (Å²) in [4.78, 5) is 8.92. The average Bonchev–Trinajstić information content (AvgIpc) is 2.70. The van der Waals surface area contributed by atoms with E-state index in [4.69, 9.17) is 10.5 Å². The molecule has 1 fully saturated rings. The number of nitrogens with zero attached hydrogens (tertiary/aromatic N) is 2. The van der Waals surface area contributed by atoms with E-state index in [0.29, 0.717) is 37.0 Å². The van der Waals surface area contributed by atoms with Crippen LogP contribution in [-0.4, -0.2) is 39.9 Å². The number of nitrogens with two attached hydrogens (primary N) is 1. The molecule has 1 saturated heterocycles. The highest BCUT2D eigenvalue weighted by Gasteiger charge is 2.39. The molecular formula is C15H26N4O2. The van der Waals surface area contributed by atoms with Gasteiger partial charge in [-0.05, 0) is 13.8 Å². The van der Waals surface area contributed by atoms with E-state index in [9.17, 15) is 5.11 Å². The first kappa shape index (κ1) is 16.0. The minimum absolute atomic E-state index is 0.182. The van der Waals surface area contributed by atoms with Crippen molar-refractivity contribution in [3.05, 3.63) is 11.4 Å². The van der Waals surface area contributed by atoms with Gasteiger partial charge in [0.25, 0.3) is 0 Å². The number of hydrogen-bond acceptors (Lipinski definition) is 6. The molecule has 6 nitrogen and oxygen atoms in total. The second-order valence-corrected chi connectivity index (χ2v) is 6.88. The Bertz CT molecular complexity index is 527. The monoisotopic (exact) mass is 294 g/mol. The molecular weight excluding hydrogens is 268 g/mol. The lowest BCUT2D eigenvalue weighted by molar-refractivity contribution is -0.0176. The van der Waals surface area contributed by atoms with Crippen LogP contribution in [0.3, 0.4) is 0 Å². The lowest BCUT2D eigenvalue weighted by Gasteiger charge is -2.27. The molecule has 2 heterocycles. The van der Waals surface area contributed by atoms with Crippen LogP contribution in [0, 0.1) is 6.92 Å². The van der Waals surface area contributed by atoms with E-state index in [0.717, 1.165) is 5.56 Å². The quantitative estimate of drug-likeness (QED) is 0.784. The molecule has 0 amide bonds. The fourth-order valence-corrected chi connectivity index (χ4v) is 2.28. The van der Waals surface area contributed by atoms with Gasteiger partial charge in [0.1, 0.15) is 23.1 Å². The van der Waals surface area contributed by atoms with Crippen molar-refractivity contribution in [2.45, 2.75) is 58.2 Å². The second-order valence-electron chi connectivity index (χ2n) is 6.88. The van der Waals surface area contributed by atoms with Gasteiger partial charge in [0.15, 0.2) is 0 Å². The van der Waals surface area contributed by atoms with Crippen LogP contribution in [0.15, 0.2) is 0 Å². The second kappa shape index (κ2) is 5.42. The van der Waals surface area contributed by atoms with Crippen molar-refractivity contribution in [1.29, 1.82) is 0 Å². The van der Waals surface area contributed by atoms with E-state index in [1.807, 2.05) is 34.6 Å². The first-order chi connectivity index (χ1) is 9.63. The van der Waals surface area contributed by atoms with Crippen molar-refractivity contribution in [3.8, 4) is 0 Å². The molecule has 1 aromatic heterocycles. The van der Waals surface area contributed by atoms with Gasteiger partial charge in [-0.15, -0.1) is 0 Å². The first-order valence-electron chi connectivity index (χ1n) is 7.36. The summed E-state index contributed by atoms with van der Waals surface area (Å²) in [6.45, 7) is 10.9. The minimum Gasteiger partial charge on any atom is -0.385 e. The number of ether oxygens (including phenoxy) is 1. The van der Waals surface area contributed by atoms with Gasteiger partial charge in [-0.2, -0.15) is 0 Å². The number of anilines is 2. The zero-order valence-electron chi connectivity index (χ0n) is 13.5. The number of rotatable bonds is 3. The van der Waals surface area contributed by atoms with E-state index in [2.05, 4.69) is 15.3 Å². The Balaban J connectivity index is 2.22. The predicted molar refractivity (Wildman–Crippen MR) is 83.4 cm³/mol. The zero-order valence-corrected chi connectivity index (χ0v) is 13.5. The Morgan fingerprint density at radius 1 is 1.43 bits per heavy atom. The summed E-state index contributed by atoms with van der Waals surface area (Å²) >= 11 is 0. The number of aromatic nitrogens is 2. The van der Waals surface area contributed by atoms with Crippen molar-refractivity contribution in [3.63, 3.8) is 0 Å². The van der Waals surface area contributed by atoms with Gasteiger partial charge in [0.2, 0.25) is 0 Å². The van der Waals surface area contributed by atoms with Crippen LogP contribution in [0.5, 0.6) is 0 Å². The number of aliphatic hydroxyl groups is 1. The lowest BCUT2D eigenvalue weighted by atomic mass is 9.95. The van der Waals surface area contributed by atoms with Gasteiger partial charge in [-0.25, -0.2) is 9.97 Å². The maximum Gasteiger partial charge on any atom is 0.138 e. The Morgan fingerprint density at radius 2 is 2.10 bits per heavy atom. The molecule has 0 radical (unpaired) electrons. The summed E-state index contributed by atoms with van der Waals surface area (Å²) in [5, 5.41) is 13.8. The molecule has 0 aliphatic carbocycles. The minimum atomic E-state index is -0.867. The van der Waals surface area contributed by atoms with Crippen molar-refractivity contribution in [1.82, 2.24) is 9.97 Å². The maximum absolute atomic E-state index is 10.5. The van der Waals surface area contributed by atoms with Gasteiger partial charge in [-0.3, -0.25) is 0 Å². The largest absolute Gasteiger partial charge is 0.385 e. The molecule has 21 heavy (non-hydrogen) atoms. The SMILES string of the molecule is Cc1c(N)nc(C(C)(C)C)nc1NCC1(O)CCOC1C. The Hall–Kier alpha value is -1.40. The molecule has 6 heteroatoms. The number of nitrogens with one attached hydrogen (secondary N) is 1. The van der Waals surface area contributed by atoms with E-state index in [1.54, 1.807) is 0 Å². The molecule has 1 aromatic rings. The van der Waals surface area contributed by atoms with Gasteiger partial charge < -0.3 is 20.9 Å². The Morgan fingerprint density at radius 3 is 2.62 bits per heavy atom. The highest BCUT2D eigenvalue weighted by atomic mass is 16.5. The smallest absolute Gasteiger partial charge is 0.138 e. The van der Waals surface area contributed by atoms with Crippen LogP contribution < -0.4 is 11.1 Å². The summed E-state index contributed by atoms with van der Waals surface area (Å²) in [7, 11) is 0. The number of nitrogen functional groups attached to an aromatic ring is 1. The van der Waals surface area contributed by atoms with Gasteiger partial charge in [0.05, 0.1) is 6.10 Å². The lowest BCUT2D eigenvalue weighted by Crippen LogP contribution is -2.43. The molecule has 2 unspecified atom stereocenters. The number of hydrogen-bond donors (Lipinski definition) is 3. The molecule has 0 saturated carbocycles. The predicted octanol–water partition coefficient (Wildman–Crippen LogP) is 1.62. The highest BCUT2D eigenvalue weighted by molar-refractivity contribution is 5.55. The van der Waals surface area contributed by atoms with Crippen molar-refractivity contribution < 1.29 is 9.84 Å². The Kier molecular flexibility index (Phi) is 4.13. The van der Waals surface area contributed by atoms with Crippen LogP contribution in [0.25, 0.3) is 0 Å². The van der Waals surface area contributed by atoms with E-state index in [-0.39, 0.29) is 11.5 Å². The van der Waals surface area contributed by atoms with Crippen molar-refractivity contribution >= 4 is 11.6 Å². The van der Waals surface area contributed by atoms with Crippen LogP contribution in [0.4, 0.5) is 11.6 Å². The van der Waals surface area contributed by atoms with E-state index >= 15 is 0 Å². The average molecular weight is 294 g/mol. The molecule has 2 rings (SSSR count). The van der Waals surface area contributed by atoms with Crippen molar-refractivity contribution in [2.75, 3.05) is 24.2 Å². The zero-order chi connectivity index (χ0) is 15.8. The molecule has 4 N–H and O–H groups in total. The van der Waals surface area contributed by atoms with Crippen LogP contribution >= 0.6 is 0 Å². The van der Waals surface area contributed by atoms with E-state index < -0.39 is 5.60 Å². The molecule has 2 atom stereocenters. The molecule has 1 aliphatic rings. The fourth-order valence-electron chi connectivity index (χ4n) is 2.28. The van der Waals surface area contributed by atoms with Gasteiger partial charge in [-0.1, -0.05) is 20.8 Å². The summed E-state index contributed by atoms with van der Waals surface area (Å²) in [5.41, 5.74) is 5.74. The summed E-state index contributed by atoms with van der Waals surface area (Å²) in [6, 6.07) is 0. The van der Waals surface area contributed by atoms with Crippen molar-refractivity contribution in [2.24, 2.45) is 0 Å². The summed E-state index contributed by atoms with van der Waals surface area (Å²) < 4.78 is 5.44. The third kappa shape index (κ3) is 3.27. The summed E-state index contributed by atoms with van der Waals surface area (Å²) in [6.07, 6.45) is 0.430. The van der Waals surface area contributed by atoms with E-state index in [1.165, 1.54) is 0 Å². The Labute approximate surface area is 126 Å². The normalized spacial score (nSPS) is 26.1. The highest BCUT2D eigenvalue weighted by Crippen LogP contribution is 2.28. The first-order valence-corrected chi connectivity index (χ1v) is 7.36. The van der Waals surface area contributed by atoms with Crippen LogP contribution in [0.1, 0.15) is 45.5 Å². The summed E-state index contributed by atoms with van der Waals surface area (Å²) in [5.74, 6) is 1.84. The van der Waals surface area contributed by atoms with Gasteiger partial charge in [0, 0.05) is 30.6 Å². The van der Waals surface area contributed by atoms with Crippen LogP contribution in [-0.2, 0) is 10.2 Å². The topological polar surface area (TPSA) is 93.3 Å². The maximum atomic E-state index is 10.5. The third-order valence-electron chi connectivity index (χ3n) is 4.08. The molecule has 0 bridgehead atoms. The molecule has 0 spiro atoms. The molecule has 0 aromatic carbocycles. The molecule has 118 valence electrons. The van der Waals surface area contributed by atoms with Crippen LogP contribution in [0.2, 0.25) is 0 Å². The molecule has 1 aliphatic heterocycles. The fraction of sp³-hybridized carbons (Fsp3) is 0.733. The van der Waals surface area contributed by atoms with Gasteiger partial charge >= 0.3 is 0 Å². The standard InChI is InChI=1S/C15H26N4O2/c1-9-11(16)18-13(14(3,4)5)19-12(9)17-8-15(20)6-7-21-10(15)2/h10,20H,6-8H2,1-5H3,(H3,16,17,18,19).